The molecule has 4 rings (SSSR count). The fourth-order valence-corrected chi connectivity index (χ4v) is 3.98. The highest BCUT2D eigenvalue weighted by Gasteiger charge is 2.43. The summed E-state index contributed by atoms with van der Waals surface area (Å²) in [6.45, 7) is 5.89. The van der Waals surface area contributed by atoms with E-state index in [1.807, 2.05) is 24.4 Å². The molecule has 5 nitrogen and oxygen atoms in total. The number of aliphatic imine (C=N–C) groups is 1. The van der Waals surface area contributed by atoms with Crippen molar-refractivity contribution in [2.75, 3.05) is 19.6 Å². The van der Waals surface area contributed by atoms with Crippen molar-refractivity contribution in [2.45, 2.75) is 39.2 Å². The Labute approximate surface area is 149 Å². The first-order valence-corrected chi connectivity index (χ1v) is 9.41. The zero-order valence-electron chi connectivity index (χ0n) is 15.0. The standard InChI is InChI=1S/C20H27N5/c1-2-21-19(25-12-11-20(15-25)9-6-10-20)23-14-18-22-13-17(24-18)16-7-4-3-5-8-16/h3-5,7-8,13H,2,6,9-12,14-15H2,1H3,(H,21,23)(H,22,24). The van der Waals surface area contributed by atoms with Gasteiger partial charge in [0.2, 0.25) is 0 Å². The first-order valence-electron chi connectivity index (χ1n) is 9.41. The molecule has 1 aromatic heterocycles. The normalized spacial score (nSPS) is 19.2. The first-order chi connectivity index (χ1) is 12.3. The fourth-order valence-electron chi connectivity index (χ4n) is 3.98. The molecule has 132 valence electrons. The van der Waals surface area contributed by atoms with E-state index in [0.29, 0.717) is 12.0 Å². The number of imidazole rings is 1. The predicted octanol–water partition coefficient (Wildman–Crippen LogP) is 3.42. The minimum atomic E-state index is 0.582. The molecule has 2 N–H and O–H groups in total. The van der Waals surface area contributed by atoms with E-state index in [-0.39, 0.29) is 0 Å². The van der Waals surface area contributed by atoms with Crippen LogP contribution in [0.25, 0.3) is 11.3 Å². The van der Waals surface area contributed by atoms with E-state index in [4.69, 9.17) is 4.99 Å². The molecule has 2 aromatic rings. The maximum absolute atomic E-state index is 4.83. The van der Waals surface area contributed by atoms with Crippen molar-refractivity contribution in [3.63, 3.8) is 0 Å². The van der Waals surface area contributed by atoms with Crippen molar-refractivity contribution in [3.8, 4) is 11.3 Å². The van der Waals surface area contributed by atoms with E-state index >= 15 is 0 Å². The van der Waals surface area contributed by atoms with Gasteiger partial charge in [-0.2, -0.15) is 0 Å². The summed E-state index contributed by atoms with van der Waals surface area (Å²) in [7, 11) is 0. The SMILES string of the molecule is CCNC(=NCc1ncc(-c2ccccc2)[nH]1)N1CCC2(CCC2)C1. The minimum absolute atomic E-state index is 0.582. The molecule has 1 spiro atoms. The van der Waals surface area contributed by atoms with Crippen molar-refractivity contribution in [2.24, 2.45) is 10.4 Å². The van der Waals surface area contributed by atoms with Gasteiger partial charge in [0.1, 0.15) is 12.4 Å². The number of aromatic amines is 1. The highest BCUT2D eigenvalue weighted by Crippen LogP contribution is 2.47. The van der Waals surface area contributed by atoms with Crippen LogP contribution in [0.1, 0.15) is 38.4 Å². The largest absolute Gasteiger partial charge is 0.357 e. The summed E-state index contributed by atoms with van der Waals surface area (Å²) < 4.78 is 0. The lowest BCUT2D eigenvalue weighted by Gasteiger charge is -2.38. The van der Waals surface area contributed by atoms with Crippen molar-refractivity contribution in [1.29, 1.82) is 0 Å². The van der Waals surface area contributed by atoms with Crippen molar-refractivity contribution >= 4 is 5.96 Å². The summed E-state index contributed by atoms with van der Waals surface area (Å²) in [6, 6.07) is 10.3. The number of nitrogens with one attached hydrogen (secondary N) is 2. The number of rotatable bonds is 4. The molecule has 0 unspecified atom stereocenters. The Balaban J connectivity index is 1.44. The molecule has 1 aromatic carbocycles. The molecule has 25 heavy (non-hydrogen) atoms. The van der Waals surface area contributed by atoms with Gasteiger partial charge in [0.25, 0.3) is 0 Å². The lowest BCUT2D eigenvalue weighted by atomic mass is 9.68. The molecule has 0 radical (unpaired) electrons. The van der Waals surface area contributed by atoms with Gasteiger partial charge in [0, 0.05) is 19.6 Å². The monoisotopic (exact) mass is 337 g/mol. The van der Waals surface area contributed by atoms with Crippen LogP contribution >= 0.6 is 0 Å². The Morgan fingerprint density at radius 3 is 2.80 bits per heavy atom. The Morgan fingerprint density at radius 2 is 2.12 bits per heavy atom. The van der Waals surface area contributed by atoms with Crippen molar-refractivity contribution in [3.05, 3.63) is 42.4 Å². The average Bonchev–Trinajstić information content (AvgIpc) is 3.26. The smallest absolute Gasteiger partial charge is 0.194 e. The molecule has 1 saturated carbocycles. The highest BCUT2D eigenvalue weighted by atomic mass is 15.3. The number of hydrogen-bond donors (Lipinski definition) is 2. The van der Waals surface area contributed by atoms with Gasteiger partial charge in [-0.1, -0.05) is 36.8 Å². The number of guanidine groups is 1. The summed E-state index contributed by atoms with van der Waals surface area (Å²) in [5.41, 5.74) is 2.79. The van der Waals surface area contributed by atoms with Crippen molar-refractivity contribution < 1.29 is 0 Å². The Morgan fingerprint density at radius 1 is 1.28 bits per heavy atom. The van der Waals surface area contributed by atoms with Crippen molar-refractivity contribution in [1.82, 2.24) is 20.2 Å². The maximum Gasteiger partial charge on any atom is 0.194 e. The Kier molecular flexibility index (Phi) is 4.47. The fraction of sp³-hybridized carbons (Fsp3) is 0.500. The molecule has 1 aliphatic carbocycles. The van der Waals surface area contributed by atoms with Crippen LogP contribution in [0.2, 0.25) is 0 Å². The van der Waals surface area contributed by atoms with Gasteiger partial charge in [-0.25, -0.2) is 9.98 Å². The molecule has 0 atom stereocenters. The van der Waals surface area contributed by atoms with Gasteiger partial charge >= 0.3 is 0 Å². The number of hydrogen-bond acceptors (Lipinski definition) is 2. The lowest BCUT2D eigenvalue weighted by Crippen LogP contribution is -2.42. The van der Waals surface area contributed by atoms with Crippen LogP contribution in [-0.4, -0.2) is 40.5 Å². The number of aromatic nitrogens is 2. The molecule has 5 heteroatoms. The molecular formula is C20H27N5. The maximum atomic E-state index is 4.83. The van der Waals surface area contributed by atoms with Crippen LogP contribution in [0.5, 0.6) is 0 Å². The summed E-state index contributed by atoms with van der Waals surface area (Å²) >= 11 is 0. The molecule has 2 aliphatic rings. The quantitative estimate of drug-likeness (QED) is 0.664. The van der Waals surface area contributed by atoms with E-state index < -0.39 is 0 Å². The second kappa shape index (κ2) is 6.90. The van der Waals surface area contributed by atoms with Crippen LogP contribution in [-0.2, 0) is 6.54 Å². The summed E-state index contributed by atoms with van der Waals surface area (Å²) in [5.74, 6) is 1.94. The number of benzene rings is 1. The molecule has 2 heterocycles. The zero-order valence-corrected chi connectivity index (χ0v) is 15.0. The van der Waals surface area contributed by atoms with E-state index in [1.54, 1.807) is 0 Å². The Bertz CT molecular complexity index is 730. The van der Waals surface area contributed by atoms with Gasteiger partial charge in [-0.05, 0) is 37.2 Å². The number of likely N-dealkylation sites (tertiary alicyclic amines) is 1. The predicted molar refractivity (Wildman–Crippen MR) is 101 cm³/mol. The van der Waals surface area contributed by atoms with Crippen LogP contribution in [0.15, 0.2) is 41.5 Å². The minimum Gasteiger partial charge on any atom is -0.357 e. The van der Waals surface area contributed by atoms with E-state index in [1.165, 1.54) is 25.7 Å². The molecule has 1 aliphatic heterocycles. The molecule has 2 fully saturated rings. The first kappa shape index (κ1) is 16.2. The van der Waals surface area contributed by atoms with Gasteiger partial charge < -0.3 is 15.2 Å². The van der Waals surface area contributed by atoms with Gasteiger partial charge in [-0.15, -0.1) is 0 Å². The van der Waals surface area contributed by atoms with Crippen LogP contribution in [0.4, 0.5) is 0 Å². The third-order valence-corrected chi connectivity index (χ3v) is 5.58. The highest BCUT2D eigenvalue weighted by molar-refractivity contribution is 5.80. The van der Waals surface area contributed by atoms with Gasteiger partial charge in [-0.3, -0.25) is 0 Å². The summed E-state index contributed by atoms with van der Waals surface area (Å²) in [4.78, 5) is 15.2. The zero-order chi connectivity index (χ0) is 17.1. The second-order valence-electron chi connectivity index (χ2n) is 7.30. The van der Waals surface area contributed by atoms with Gasteiger partial charge in [0.05, 0.1) is 11.9 Å². The van der Waals surface area contributed by atoms with Gasteiger partial charge in [0.15, 0.2) is 5.96 Å². The Hall–Kier alpha value is -2.30. The number of nitrogens with zero attached hydrogens (tertiary/aromatic N) is 3. The molecule has 0 bridgehead atoms. The second-order valence-corrected chi connectivity index (χ2v) is 7.30. The summed E-state index contributed by atoms with van der Waals surface area (Å²) in [6.07, 6.45) is 7.39. The topological polar surface area (TPSA) is 56.3 Å². The molecular weight excluding hydrogens is 310 g/mol. The number of H-pyrrole nitrogens is 1. The molecule has 0 amide bonds. The van der Waals surface area contributed by atoms with E-state index in [0.717, 1.165) is 42.7 Å². The van der Waals surface area contributed by atoms with Crippen LogP contribution < -0.4 is 5.32 Å². The van der Waals surface area contributed by atoms with Crippen LogP contribution in [0.3, 0.4) is 0 Å². The average molecular weight is 337 g/mol. The van der Waals surface area contributed by atoms with E-state index in [9.17, 15) is 0 Å². The lowest BCUT2D eigenvalue weighted by molar-refractivity contribution is 0.151. The third kappa shape index (κ3) is 3.41. The molecule has 1 saturated heterocycles. The third-order valence-electron chi connectivity index (χ3n) is 5.58. The van der Waals surface area contributed by atoms with E-state index in [2.05, 4.69) is 39.2 Å². The summed E-state index contributed by atoms with van der Waals surface area (Å²) in [5, 5.41) is 3.45. The van der Waals surface area contributed by atoms with Crippen LogP contribution in [0, 0.1) is 5.41 Å².